The second-order valence-corrected chi connectivity index (χ2v) is 4.25. The summed E-state index contributed by atoms with van der Waals surface area (Å²) >= 11 is 5.94. The highest BCUT2D eigenvalue weighted by atomic mass is 35.5. The lowest BCUT2D eigenvalue weighted by molar-refractivity contribution is -0.137. The highest BCUT2D eigenvalue weighted by molar-refractivity contribution is 6.31. The Bertz CT molecular complexity index is 570. The minimum Gasteiger partial charge on any atom is -0.365 e. The molecule has 1 aromatic heterocycles. The zero-order chi connectivity index (χ0) is 13.9. The predicted octanol–water partition coefficient (Wildman–Crippen LogP) is 4.37. The predicted molar refractivity (Wildman–Crippen MR) is 68.0 cm³/mol. The maximum atomic E-state index is 12.7. The molecule has 6 heteroatoms. The summed E-state index contributed by atoms with van der Waals surface area (Å²) in [7, 11) is 0. The molecule has 0 aliphatic heterocycles. The van der Waals surface area contributed by atoms with E-state index in [-0.39, 0.29) is 12.4 Å². The van der Waals surface area contributed by atoms with Gasteiger partial charge in [0.1, 0.15) is 5.82 Å². The van der Waals surface area contributed by atoms with Crippen LogP contribution in [-0.2, 0) is 12.7 Å². The molecule has 0 radical (unpaired) electrons. The topological polar surface area (TPSA) is 24.9 Å². The van der Waals surface area contributed by atoms with E-state index in [1.165, 1.54) is 12.3 Å². The number of hydrogen-bond acceptors (Lipinski definition) is 2. The first-order chi connectivity index (χ1) is 8.98. The van der Waals surface area contributed by atoms with E-state index in [2.05, 4.69) is 10.3 Å². The molecule has 1 aromatic carbocycles. The molecule has 2 nitrogen and oxygen atoms in total. The molecule has 0 fully saturated rings. The van der Waals surface area contributed by atoms with Gasteiger partial charge < -0.3 is 5.32 Å². The van der Waals surface area contributed by atoms with Crippen LogP contribution in [-0.4, -0.2) is 4.98 Å². The van der Waals surface area contributed by atoms with Gasteiger partial charge in [0.05, 0.1) is 5.56 Å². The standard InChI is InChI=1S/C13H10ClF3N2/c14-11-6-2-1-4-9(11)8-19-12-10(13(15,16)17)5-3-7-18-12/h1-7H,8H2,(H,18,19). The summed E-state index contributed by atoms with van der Waals surface area (Å²) in [6, 6.07) is 9.19. The second kappa shape index (κ2) is 5.48. The van der Waals surface area contributed by atoms with E-state index < -0.39 is 11.7 Å². The van der Waals surface area contributed by atoms with Gasteiger partial charge in [-0.1, -0.05) is 29.8 Å². The third-order valence-electron chi connectivity index (χ3n) is 2.52. The van der Waals surface area contributed by atoms with Crippen LogP contribution >= 0.6 is 11.6 Å². The lowest BCUT2D eigenvalue weighted by atomic mass is 10.2. The van der Waals surface area contributed by atoms with Crippen LogP contribution in [0.2, 0.25) is 5.02 Å². The molecule has 2 rings (SSSR count). The molecule has 0 saturated carbocycles. The quantitative estimate of drug-likeness (QED) is 0.906. The SMILES string of the molecule is FC(F)(F)c1cccnc1NCc1ccccc1Cl. The van der Waals surface area contributed by atoms with E-state index in [0.29, 0.717) is 10.6 Å². The van der Waals surface area contributed by atoms with Gasteiger partial charge >= 0.3 is 6.18 Å². The Morgan fingerprint density at radius 3 is 2.53 bits per heavy atom. The molecule has 19 heavy (non-hydrogen) atoms. The highest BCUT2D eigenvalue weighted by Gasteiger charge is 2.33. The van der Waals surface area contributed by atoms with E-state index in [1.54, 1.807) is 24.3 Å². The Kier molecular flexibility index (Phi) is 3.95. The lowest BCUT2D eigenvalue weighted by Crippen LogP contribution is -2.12. The fourth-order valence-corrected chi connectivity index (χ4v) is 1.80. The molecule has 0 aliphatic carbocycles. The number of alkyl halides is 3. The minimum atomic E-state index is -4.43. The zero-order valence-corrected chi connectivity index (χ0v) is 10.5. The van der Waals surface area contributed by atoms with Crippen LogP contribution in [0.5, 0.6) is 0 Å². The summed E-state index contributed by atoms with van der Waals surface area (Å²) in [5.74, 6) is -0.199. The number of nitrogens with zero attached hydrogens (tertiary/aromatic N) is 1. The molecular formula is C13H10ClF3N2. The van der Waals surface area contributed by atoms with Crippen molar-refractivity contribution in [1.29, 1.82) is 0 Å². The number of anilines is 1. The normalized spacial score (nSPS) is 11.4. The van der Waals surface area contributed by atoms with Crippen LogP contribution in [0.15, 0.2) is 42.6 Å². The van der Waals surface area contributed by atoms with Gasteiger partial charge in [-0.25, -0.2) is 4.98 Å². The van der Waals surface area contributed by atoms with Gasteiger partial charge in [0.25, 0.3) is 0 Å². The molecule has 0 saturated heterocycles. The van der Waals surface area contributed by atoms with Gasteiger partial charge in [-0.2, -0.15) is 13.2 Å². The smallest absolute Gasteiger partial charge is 0.365 e. The average molecular weight is 287 g/mol. The fraction of sp³-hybridized carbons (Fsp3) is 0.154. The van der Waals surface area contributed by atoms with E-state index in [1.807, 2.05) is 0 Å². The maximum Gasteiger partial charge on any atom is 0.419 e. The van der Waals surface area contributed by atoms with Crippen LogP contribution in [0.3, 0.4) is 0 Å². The van der Waals surface area contributed by atoms with Crippen LogP contribution in [0.25, 0.3) is 0 Å². The third kappa shape index (κ3) is 3.38. The number of nitrogens with one attached hydrogen (secondary N) is 1. The van der Waals surface area contributed by atoms with Gasteiger partial charge in [0.2, 0.25) is 0 Å². The first kappa shape index (κ1) is 13.7. The number of hydrogen-bond donors (Lipinski definition) is 1. The third-order valence-corrected chi connectivity index (χ3v) is 2.89. The number of pyridine rings is 1. The van der Waals surface area contributed by atoms with Crippen molar-refractivity contribution in [2.24, 2.45) is 0 Å². The molecule has 0 aliphatic rings. The van der Waals surface area contributed by atoms with E-state index in [9.17, 15) is 13.2 Å². The van der Waals surface area contributed by atoms with Crippen molar-refractivity contribution in [2.75, 3.05) is 5.32 Å². The molecule has 1 heterocycles. The first-order valence-electron chi connectivity index (χ1n) is 5.48. The molecule has 1 N–H and O–H groups in total. The first-order valence-corrected chi connectivity index (χ1v) is 5.86. The van der Waals surface area contributed by atoms with Crippen LogP contribution < -0.4 is 5.32 Å². The summed E-state index contributed by atoms with van der Waals surface area (Å²) in [5.41, 5.74) is -0.0787. The number of benzene rings is 1. The van der Waals surface area contributed by atoms with Crippen molar-refractivity contribution in [3.63, 3.8) is 0 Å². The van der Waals surface area contributed by atoms with Gasteiger partial charge in [-0.05, 0) is 23.8 Å². The summed E-state index contributed by atoms with van der Waals surface area (Å²) in [6.07, 6.45) is -3.12. The molecule has 2 aromatic rings. The molecule has 0 atom stereocenters. The largest absolute Gasteiger partial charge is 0.419 e. The van der Waals surface area contributed by atoms with Gasteiger partial charge in [-0.3, -0.25) is 0 Å². The van der Waals surface area contributed by atoms with Crippen LogP contribution in [0, 0.1) is 0 Å². The molecular weight excluding hydrogens is 277 g/mol. The van der Waals surface area contributed by atoms with Gasteiger partial charge in [0, 0.05) is 17.8 Å². The Labute approximate surface area is 113 Å². The minimum absolute atomic E-state index is 0.180. The zero-order valence-electron chi connectivity index (χ0n) is 9.71. The number of halogens is 4. The fourth-order valence-electron chi connectivity index (χ4n) is 1.60. The molecule has 0 spiro atoms. The summed E-state index contributed by atoms with van der Waals surface area (Å²) < 4.78 is 38.2. The summed E-state index contributed by atoms with van der Waals surface area (Å²) in [4.78, 5) is 3.72. The Hall–Kier alpha value is -1.75. The van der Waals surface area contributed by atoms with Crippen molar-refractivity contribution in [3.8, 4) is 0 Å². The van der Waals surface area contributed by atoms with Crippen LogP contribution in [0.4, 0.5) is 19.0 Å². The van der Waals surface area contributed by atoms with Crippen molar-refractivity contribution in [2.45, 2.75) is 12.7 Å². The Morgan fingerprint density at radius 2 is 1.84 bits per heavy atom. The Morgan fingerprint density at radius 1 is 1.11 bits per heavy atom. The van der Waals surface area contributed by atoms with E-state index in [4.69, 9.17) is 11.6 Å². The number of rotatable bonds is 3. The van der Waals surface area contributed by atoms with Gasteiger partial charge in [-0.15, -0.1) is 0 Å². The Balaban J connectivity index is 2.19. The molecule has 0 unspecified atom stereocenters. The summed E-state index contributed by atoms with van der Waals surface area (Å²) in [6.45, 7) is 0.180. The van der Waals surface area contributed by atoms with E-state index in [0.717, 1.165) is 6.07 Å². The number of aromatic nitrogens is 1. The molecule has 0 amide bonds. The highest BCUT2D eigenvalue weighted by Crippen LogP contribution is 2.33. The van der Waals surface area contributed by atoms with Crippen molar-refractivity contribution in [1.82, 2.24) is 4.98 Å². The van der Waals surface area contributed by atoms with Crippen molar-refractivity contribution < 1.29 is 13.2 Å². The van der Waals surface area contributed by atoms with Crippen molar-refractivity contribution >= 4 is 17.4 Å². The summed E-state index contributed by atoms with van der Waals surface area (Å²) in [5, 5.41) is 3.16. The second-order valence-electron chi connectivity index (χ2n) is 3.84. The average Bonchev–Trinajstić information content (AvgIpc) is 2.37. The monoisotopic (exact) mass is 286 g/mol. The lowest BCUT2D eigenvalue weighted by Gasteiger charge is -2.13. The molecule has 100 valence electrons. The van der Waals surface area contributed by atoms with Crippen LogP contribution in [0.1, 0.15) is 11.1 Å². The van der Waals surface area contributed by atoms with E-state index >= 15 is 0 Å². The van der Waals surface area contributed by atoms with Gasteiger partial charge in [0.15, 0.2) is 0 Å². The maximum absolute atomic E-state index is 12.7. The van der Waals surface area contributed by atoms with Crippen molar-refractivity contribution in [3.05, 3.63) is 58.7 Å². The molecule has 0 bridgehead atoms.